The maximum atomic E-state index is 13.9. The molecule has 1 fully saturated rings. The van der Waals surface area contributed by atoms with Crippen molar-refractivity contribution in [3.8, 4) is 0 Å². The van der Waals surface area contributed by atoms with Gasteiger partial charge in [0.25, 0.3) is 0 Å². The molecule has 4 rings (SSSR count). The fraction of sp³-hybridized carbons (Fsp3) is 0.375. The maximum absolute atomic E-state index is 13.9. The lowest BCUT2D eigenvalue weighted by Gasteiger charge is -2.35. The number of nitrogens with zero attached hydrogens (tertiary/aromatic N) is 3. The average Bonchev–Trinajstić information content (AvgIpc) is 2.70. The molecule has 0 saturated carbocycles. The molecule has 29 heavy (non-hydrogen) atoms. The number of piperidine rings is 1. The highest BCUT2D eigenvalue weighted by molar-refractivity contribution is 6.33. The Morgan fingerprint density at radius 1 is 1.14 bits per heavy atom. The van der Waals surface area contributed by atoms with Crippen LogP contribution in [0.4, 0.5) is 15.8 Å². The van der Waals surface area contributed by atoms with E-state index >= 15 is 0 Å². The van der Waals surface area contributed by atoms with Crippen LogP contribution in [0.15, 0.2) is 59.7 Å². The molecule has 0 aliphatic carbocycles. The summed E-state index contributed by atoms with van der Waals surface area (Å²) in [5.41, 5.74) is 3.99. The third-order valence-electron chi connectivity index (χ3n) is 5.92. The van der Waals surface area contributed by atoms with E-state index in [0.29, 0.717) is 5.92 Å². The van der Waals surface area contributed by atoms with Crippen LogP contribution in [-0.2, 0) is 6.42 Å². The second-order valence-electron chi connectivity index (χ2n) is 7.99. The summed E-state index contributed by atoms with van der Waals surface area (Å²) in [5.74, 6) is 0.427. The number of hydrogen-bond donors (Lipinski definition) is 0. The zero-order chi connectivity index (χ0) is 20.4. The second kappa shape index (κ2) is 8.58. The molecular weight excluding hydrogens is 385 g/mol. The van der Waals surface area contributed by atoms with E-state index in [1.807, 2.05) is 31.2 Å². The number of halogens is 2. The van der Waals surface area contributed by atoms with Crippen LogP contribution in [0.25, 0.3) is 0 Å². The zero-order valence-corrected chi connectivity index (χ0v) is 17.7. The van der Waals surface area contributed by atoms with Crippen LogP contribution in [0.3, 0.4) is 0 Å². The van der Waals surface area contributed by atoms with E-state index in [2.05, 4.69) is 40.0 Å². The number of aliphatic imine (C=N–C) groups is 1. The molecule has 0 amide bonds. The van der Waals surface area contributed by atoms with Gasteiger partial charge in [-0.15, -0.1) is 0 Å². The summed E-state index contributed by atoms with van der Waals surface area (Å²) in [6.45, 7) is 5.98. The molecule has 1 atom stereocenters. The highest BCUT2D eigenvalue weighted by Crippen LogP contribution is 2.34. The molecule has 2 heterocycles. The van der Waals surface area contributed by atoms with Gasteiger partial charge in [0.1, 0.15) is 12.0 Å². The minimum absolute atomic E-state index is 0.0658. The van der Waals surface area contributed by atoms with Crippen LogP contribution >= 0.6 is 11.6 Å². The van der Waals surface area contributed by atoms with Gasteiger partial charge in [0.2, 0.25) is 0 Å². The van der Waals surface area contributed by atoms with Gasteiger partial charge < -0.3 is 9.80 Å². The normalized spacial score (nSPS) is 20.1. The third kappa shape index (κ3) is 4.48. The van der Waals surface area contributed by atoms with Crippen molar-refractivity contribution in [3.05, 3.63) is 71.1 Å². The first kappa shape index (κ1) is 20.0. The van der Waals surface area contributed by atoms with Gasteiger partial charge in [-0.05, 0) is 74.9 Å². The van der Waals surface area contributed by atoms with Crippen molar-refractivity contribution in [2.24, 2.45) is 10.9 Å². The molecule has 2 aliphatic heterocycles. The molecule has 2 aliphatic rings. The lowest BCUT2D eigenvalue weighted by atomic mass is 9.90. The molecular formula is C24H27ClFN3. The standard InChI is InChI=1S/C24H27ClFN3/c1-17-9-14-29(18(2)27-17)21-7-8-24(22(25)16-21)28-12-10-19(11-13-28)15-20-5-3-4-6-23(20)26/h3-9,14,16,18-19H,10-13,15H2,1-2H3. The van der Waals surface area contributed by atoms with E-state index in [1.54, 1.807) is 12.1 Å². The molecule has 0 spiro atoms. The van der Waals surface area contributed by atoms with Crippen LogP contribution in [0, 0.1) is 11.7 Å². The van der Waals surface area contributed by atoms with Crippen molar-refractivity contribution in [2.75, 3.05) is 22.9 Å². The molecule has 0 radical (unpaired) electrons. The van der Waals surface area contributed by atoms with Crippen molar-refractivity contribution in [2.45, 2.75) is 39.3 Å². The molecule has 0 N–H and O–H groups in total. The Labute approximate surface area is 177 Å². The first-order chi connectivity index (χ1) is 14.0. The number of allylic oxidation sites excluding steroid dienone is 1. The van der Waals surface area contributed by atoms with Crippen LogP contribution in [0.1, 0.15) is 32.3 Å². The molecule has 1 saturated heterocycles. The number of anilines is 2. The minimum atomic E-state index is -0.0888. The van der Waals surface area contributed by atoms with Gasteiger partial charge in [0.05, 0.1) is 10.7 Å². The highest BCUT2D eigenvalue weighted by Gasteiger charge is 2.23. The lowest BCUT2D eigenvalue weighted by Crippen LogP contribution is -2.34. The fourth-order valence-corrected chi connectivity index (χ4v) is 4.57. The van der Waals surface area contributed by atoms with E-state index in [0.717, 1.165) is 60.0 Å². The monoisotopic (exact) mass is 411 g/mol. The van der Waals surface area contributed by atoms with E-state index < -0.39 is 0 Å². The Hall–Kier alpha value is -2.33. The van der Waals surface area contributed by atoms with Crippen LogP contribution in [0.2, 0.25) is 5.02 Å². The van der Waals surface area contributed by atoms with Gasteiger partial charge in [-0.25, -0.2) is 4.39 Å². The van der Waals surface area contributed by atoms with Gasteiger partial charge in [0.15, 0.2) is 0 Å². The molecule has 1 unspecified atom stereocenters. The van der Waals surface area contributed by atoms with Crippen molar-refractivity contribution < 1.29 is 4.39 Å². The second-order valence-corrected chi connectivity index (χ2v) is 8.39. The Morgan fingerprint density at radius 2 is 1.90 bits per heavy atom. The zero-order valence-electron chi connectivity index (χ0n) is 17.0. The summed E-state index contributed by atoms with van der Waals surface area (Å²) >= 11 is 6.67. The van der Waals surface area contributed by atoms with E-state index in [-0.39, 0.29) is 12.0 Å². The van der Waals surface area contributed by atoms with Gasteiger partial charge in [-0.3, -0.25) is 4.99 Å². The minimum Gasteiger partial charge on any atom is -0.370 e. The number of hydrogen-bond acceptors (Lipinski definition) is 3. The van der Waals surface area contributed by atoms with Gasteiger partial charge in [0, 0.05) is 30.7 Å². The molecule has 5 heteroatoms. The topological polar surface area (TPSA) is 18.8 Å². The number of benzene rings is 2. The fourth-order valence-electron chi connectivity index (χ4n) is 4.28. The predicted octanol–water partition coefficient (Wildman–Crippen LogP) is 6.08. The SMILES string of the molecule is CC1=NC(C)N(c2ccc(N3CCC(Cc4ccccc4F)CC3)c(Cl)c2)C=C1. The molecule has 0 aromatic heterocycles. The summed E-state index contributed by atoms with van der Waals surface area (Å²) in [6.07, 6.45) is 7.05. The van der Waals surface area contributed by atoms with Crippen LogP contribution in [-0.4, -0.2) is 25.0 Å². The smallest absolute Gasteiger partial charge is 0.126 e. The van der Waals surface area contributed by atoms with Crippen molar-refractivity contribution in [1.82, 2.24) is 0 Å². The summed E-state index contributed by atoms with van der Waals surface area (Å²) in [7, 11) is 0. The summed E-state index contributed by atoms with van der Waals surface area (Å²) in [6, 6.07) is 13.4. The van der Waals surface area contributed by atoms with Gasteiger partial charge in [-0.1, -0.05) is 29.8 Å². The molecule has 152 valence electrons. The Balaban J connectivity index is 1.40. The molecule has 0 bridgehead atoms. The van der Waals surface area contributed by atoms with Crippen molar-refractivity contribution >= 4 is 28.7 Å². The largest absolute Gasteiger partial charge is 0.370 e. The average molecular weight is 412 g/mol. The summed E-state index contributed by atoms with van der Waals surface area (Å²) in [4.78, 5) is 9.08. The highest BCUT2D eigenvalue weighted by atomic mass is 35.5. The maximum Gasteiger partial charge on any atom is 0.126 e. The first-order valence-corrected chi connectivity index (χ1v) is 10.7. The predicted molar refractivity (Wildman–Crippen MR) is 121 cm³/mol. The van der Waals surface area contributed by atoms with Gasteiger partial charge in [-0.2, -0.15) is 0 Å². The lowest BCUT2D eigenvalue weighted by molar-refractivity contribution is 0.398. The van der Waals surface area contributed by atoms with Crippen LogP contribution < -0.4 is 9.80 Å². The summed E-state index contributed by atoms with van der Waals surface area (Å²) in [5, 5.41) is 0.766. The van der Waals surface area contributed by atoms with Crippen molar-refractivity contribution in [1.29, 1.82) is 0 Å². The Bertz CT molecular complexity index is 931. The first-order valence-electron chi connectivity index (χ1n) is 10.3. The quantitative estimate of drug-likeness (QED) is 0.607. The van der Waals surface area contributed by atoms with Crippen molar-refractivity contribution in [3.63, 3.8) is 0 Å². The van der Waals surface area contributed by atoms with Crippen LogP contribution in [0.5, 0.6) is 0 Å². The molecule has 3 nitrogen and oxygen atoms in total. The number of rotatable bonds is 4. The van der Waals surface area contributed by atoms with Gasteiger partial charge >= 0.3 is 0 Å². The molecule has 2 aromatic carbocycles. The van der Waals surface area contributed by atoms with E-state index in [1.165, 1.54) is 0 Å². The third-order valence-corrected chi connectivity index (χ3v) is 6.22. The molecule has 2 aromatic rings. The Kier molecular flexibility index (Phi) is 5.91. The van der Waals surface area contributed by atoms with E-state index in [4.69, 9.17) is 11.6 Å². The Morgan fingerprint density at radius 3 is 2.59 bits per heavy atom. The van der Waals surface area contributed by atoms with E-state index in [9.17, 15) is 4.39 Å². The summed E-state index contributed by atoms with van der Waals surface area (Å²) < 4.78 is 13.9.